The molecule has 4 nitrogen and oxygen atoms in total. The van der Waals surface area contributed by atoms with Gasteiger partial charge in [0.05, 0.1) is 12.0 Å². The van der Waals surface area contributed by atoms with E-state index in [4.69, 9.17) is 4.74 Å². The van der Waals surface area contributed by atoms with Crippen LogP contribution in [-0.4, -0.2) is 36.5 Å². The van der Waals surface area contributed by atoms with Crippen LogP contribution in [0.25, 0.3) is 0 Å². The van der Waals surface area contributed by atoms with Crippen LogP contribution in [0.15, 0.2) is 0 Å². The predicted molar refractivity (Wildman–Crippen MR) is 114 cm³/mol. The maximum Gasteiger partial charge on any atom is 0.311 e. The summed E-state index contributed by atoms with van der Waals surface area (Å²) in [4.78, 5) is 26.7. The molecule has 0 aromatic carbocycles. The van der Waals surface area contributed by atoms with E-state index in [2.05, 4.69) is 18.7 Å². The van der Waals surface area contributed by atoms with Crippen LogP contribution >= 0.6 is 0 Å². The van der Waals surface area contributed by atoms with Gasteiger partial charge in [0.25, 0.3) is 0 Å². The van der Waals surface area contributed by atoms with Crippen LogP contribution in [-0.2, 0) is 14.3 Å². The molecule has 3 saturated carbocycles. The summed E-state index contributed by atoms with van der Waals surface area (Å²) in [5, 5.41) is 0. The zero-order chi connectivity index (χ0) is 21.2. The lowest BCUT2D eigenvalue weighted by molar-refractivity contribution is -0.163. The fraction of sp³-hybridized carbons (Fsp3) is 0.920. The van der Waals surface area contributed by atoms with E-state index in [0.29, 0.717) is 29.9 Å². The smallest absolute Gasteiger partial charge is 0.311 e. The van der Waals surface area contributed by atoms with Crippen molar-refractivity contribution in [3.05, 3.63) is 0 Å². The molecular weight excluding hydrogens is 362 g/mol. The van der Waals surface area contributed by atoms with Gasteiger partial charge in [-0.1, -0.05) is 13.8 Å². The number of carbonyl (C=O) groups is 2. The Bertz CT molecular complexity index is 682. The van der Waals surface area contributed by atoms with Crippen molar-refractivity contribution in [1.82, 2.24) is 4.90 Å². The summed E-state index contributed by atoms with van der Waals surface area (Å²) in [5.74, 6) is 3.04. The first-order valence-electron chi connectivity index (χ1n) is 11.9. The third-order valence-corrected chi connectivity index (χ3v) is 9.78. The van der Waals surface area contributed by atoms with E-state index in [0.717, 1.165) is 37.0 Å². The monoisotopic (exact) mass is 403 g/mol. The quantitative estimate of drug-likeness (QED) is 0.606. The zero-order valence-corrected chi connectivity index (χ0v) is 19.4. The number of piperidine rings is 1. The van der Waals surface area contributed by atoms with Crippen molar-refractivity contribution >= 4 is 11.9 Å². The Kier molecular flexibility index (Phi) is 5.10. The average molecular weight is 404 g/mol. The number of ether oxygens (including phenoxy) is 1. The minimum Gasteiger partial charge on any atom is -0.465 e. The second kappa shape index (κ2) is 6.99. The molecule has 3 aliphatic carbocycles. The van der Waals surface area contributed by atoms with Gasteiger partial charge in [-0.2, -0.15) is 0 Å². The van der Waals surface area contributed by atoms with E-state index in [1.54, 1.807) is 0 Å². The summed E-state index contributed by atoms with van der Waals surface area (Å²) < 4.78 is 5.79. The third-order valence-electron chi connectivity index (χ3n) is 9.78. The highest BCUT2D eigenvalue weighted by atomic mass is 16.5. The highest BCUT2D eigenvalue weighted by Gasteiger charge is 2.61. The molecule has 1 unspecified atom stereocenters. The van der Waals surface area contributed by atoms with Gasteiger partial charge in [0.2, 0.25) is 5.91 Å². The van der Waals surface area contributed by atoms with Crippen molar-refractivity contribution in [3.8, 4) is 0 Å². The molecule has 4 aliphatic rings. The van der Waals surface area contributed by atoms with Crippen LogP contribution < -0.4 is 0 Å². The molecule has 4 fully saturated rings. The summed E-state index contributed by atoms with van der Waals surface area (Å²) in [5.41, 5.74) is 0.163. The van der Waals surface area contributed by atoms with E-state index < -0.39 is 5.41 Å². The van der Waals surface area contributed by atoms with Crippen molar-refractivity contribution in [2.45, 2.75) is 92.0 Å². The topological polar surface area (TPSA) is 46.6 Å². The van der Waals surface area contributed by atoms with Crippen molar-refractivity contribution < 1.29 is 14.3 Å². The summed E-state index contributed by atoms with van der Waals surface area (Å²) in [7, 11) is 2.03. The number of amides is 1. The molecule has 0 aromatic heterocycles. The third kappa shape index (κ3) is 3.24. The Morgan fingerprint density at radius 2 is 1.72 bits per heavy atom. The van der Waals surface area contributed by atoms with E-state index >= 15 is 0 Å². The Hall–Kier alpha value is -1.06. The van der Waals surface area contributed by atoms with E-state index in [9.17, 15) is 9.59 Å². The molecule has 0 radical (unpaired) electrons. The maximum atomic E-state index is 12.3. The second-order valence-corrected chi connectivity index (χ2v) is 12.1. The normalized spacial score (nSPS) is 44.7. The van der Waals surface area contributed by atoms with Gasteiger partial charge >= 0.3 is 5.97 Å². The predicted octanol–water partition coefficient (Wildman–Crippen LogP) is 5.06. The summed E-state index contributed by atoms with van der Waals surface area (Å²) in [6.45, 7) is 11.4. The largest absolute Gasteiger partial charge is 0.465 e. The summed E-state index contributed by atoms with van der Waals surface area (Å²) >= 11 is 0. The van der Waals surface area contributed by atoms with Crippen molar-refractivity contribution in [2.75, 3.05) is 13.7 Å². The molecule has 4 heteroatoms. The SMILES string of the molecule is CN1C(=O)CC[C@]2(C)[C@H]3CC[C@]4(C)C(COC(=O)C(C)(C)C)CC[C@H]4[C@@H]3CC[C@@H]12. The number of nitrogens with zero attached hydrogens (tertiary/aromatic N) is 1. The Morgan fingerprint density at radius 3 is 2.41 bits per heavy atom. The number of fused-ring (bicyclic) bond motifs is 5. The van der Waals surface area contributed by atoms with Crippen LogP contribution in [0.3, 0.4) is 0 Å². The Balaban J connectivity index is 1.49. The highest BCUT2D eigenvalue weighted by molar-refractivity contribution is 5.77. The van der Waals surface area contributed by atoms with Gasteiger partial charge in [0.15, 0.2) is 0 Å². The highest BCUT2D eigenvalue weighted by Crippen LogP contribution is 2.66. The average Bonchev–Trinajstić information content (AvgIpc) is 2.99. The summed E-state index contributed by atoms with van der Waals surface area (Å²) in [6.07, 6.45) is 9.21. The fourth-order valence-electron chi connectivity index (χ4n) is 7.93. The standard InChI is InChI=1S/C25H41NO3/c1-23(2,3)22(28)29-15-16-7-9-18-17-8-10-20-25(5,14-12-21(27)26(20)6)19(17)11-13-24(16,18)4/h16-20H,7-15H2,1-6H3/t16?,17-,18-,19-,20+,24+,25+/m0/s1. The number of esters is 1. The molecule has 1 heterocycles. The molecule has 0 bridgehead atoms. The fourth-order valence-corrected chi connectivity index (χ4v) is 7.93. The molecule has 1 aliphatic heterocycles. The van der Waals surface area contributed by atoms with Gasteiger partial charge in [-0.3, -0.25) is 9.59 Å². The molecule has 0 spiro atoms. The van der Waals surface area contributed by atoms with E-state index in [1.807, 2.05) is 27.8 Å². The minimum absolute atomic E-state index is 0.0684. The lowest BCUT2D eigenvalue weighted by atomic mass is 9.47. The molecule has 7 atom stereocenters. The van der Waals surface area contributed by atoms with Gasteiger partial charge in [-0.15, -0.1) is 0 Å². The van der Waals surface area contributed by atoms with E-state index in [1.165, 1.54) is 32.1 Å². The molecule has 0 aromatic rings. The van der Waals surface area contributed by atoms with Gasteiger partial charge in [0.1, 0.15) is 0 Å². The molecule has 1 amide bonds. The molecular formula is C25H41NO3. The number of likely N-dealkylation sites (tertiary alicyclic amines) is 1. The van der Waals surface area contributed by atoms with Crippen molar-refractivity contribution in [1.29, 1.82) is 0 Å². The molecule has 1 saturated heterocycles. The van der Waals surface area contributed by atoms with Gasteiger partial charge in [-0.05, 0) is 100 Å². The maximum absolute atomic E-state index is 12.3. The Labute approximate surface area is 177 Å². The van der Waals surface area contributed by atoms with Gasteiger partial charge in [-0.25, -0.2) is 0 Å². The summed E-state index contributed by atoms with van der Waals surface area (Å²) in [6, 6.07) is 0.430. The molecule has 164 valence electrons. The van der Waals surface area contributed by atoms with Gasteiger partial charge < -0.3 is 9.64 Å². The van der Waals surface area contributed by atoms with Crippen LogP contribution in [0.1, 0.15) is 86.0 Å². The van der Waals surface area contributed by atoms with Gasteiger partial charge in [0, 0.05) is 19.5 Å². The number of hydrogen-bond donors (Lipinski definition) is 0. The zero-order valence-electron chi connectivity index (χ0n) is 19.4. The number of hydrogen-bond acceptors (Lipinski definition) is 3. The first-order chi connectivity index (χ1) is 13.5. The first-order valence-corrected chi connectivity index (χ1v) is 11.9. The molecule has 29 heavy (non-hydrogen) atoms. The lowest BCUT2D eigenvalue weighted by Crippen LogP contribution is -2.61. The lowest BCUT2D eigenvalue weighted by Gasteiger charge is -2.61. The molecule has 0 N–H and O–H groups in total. The van der Waals surface area contributed by atoms with E-state index in [-0.39, 0.29) is 11.4 Å². The van der Waals surface area contributed by atoms with Crippen LogP contribution in [0.2, 0.25) is 0 Å². The molecule has 4 rings (SSSR count). The number of rotatable bonds is 2. The number of carbonyl (C=O) groups excluding carboxylic acids is 2. The first kappa shape index (κ1) is 21.2. The van der Waals surface area contributed by atoms with Crippen molar-refractivity contribution in [2.24, 2.45) is 39.9 Å². The second-order valence-electron chi connectivity index (χ2n) is 12.1. The van der Waals surface area contributed by atoms with Crippen LogP contribution in [0.4, 0.5) is 0 Å². The Morgan fingerprint density at radius 1 is 1.03 bits per heavy atom. The minimum atomic E-state index is -0.423. The van der Waals surface area contributed by atoms with Crippen LogP contribution in [0, 0.1) is 39.9 Å². The van der Waals surface area contributed by atoms with Crippen molar-refractivity contribution in [3.63, 3.8) is 0 Å². The van der Waals surface area contributed by atoms with Crippen LogP contribution in [0.5, 0.6) is 0 Å².